The van der Waals surface area contributed by atoms with Crippen LogP contribution in [-0.2, 0) is 19.5 Å². The number of methoxy groups -OCH3 is 2. The molecule has 12 heteroatoms. The van der Waals surface area contributed by atoms with Gasteiger partial charge in [0.25, 0.3) is 5.56 Å². The normalized spacial score (nSPS) is 20.1. The van der Waals surface area contributed by atoms with E-state index < -0.39 is 55.5 Å². The monoisotopic (exact) mass is 678 g/mol. The Morgan fingerprint density at radius 1 is 0.875 bits per heavy atom. The average Bonchev–Trinajstić information content (AvgIpc) is 3.37. The number of halogens is 1. The molecule has 4 atom stereocenters. The van der Waals surface area contributed by atoms with Crippen LogP contribution in [0.5, 0.6) is 11.5 Å². The van der Waals surface area contributed by atoms with Gasteiger partial charge in [0, 0.05) is 0 Å². The quantitative estimate of drug-likeness (QED) is 0.161. The van der Waals surface area contributed by atoms with Crippen molar-refractivity contribution in [1.82, 2.24) is 9.55 Å². The number of aliphatic hydroxyl groups is 1. The van der Waals surface area contributed by atoms with Crippen molar-refractivity contribution in [3.63, 3.8) is 0 Å². The topological polar surface area (TPSA) is 121 Å². The predicted octanol–water partition coefficient (Wildman–Crippen LogP) is 5.35. The summed E-state index contributed by atoms with van der Waals surface area (Å²) in [4.78, 5) is 26.6. The first kappa shape index (κ1) is 35.2. The molecule has 5 rings (SSSR count). The highest BCUT2D eigenvalue weighted by Gasteiger charge is 2.52. The molecule has 3 aromatic carbocycles. The number of ether oxygens (including phenoxy) is 4. The largest absolute Gasteiger partial charge is 0.497 e. The molecule has 10 nitrogen and oxygen atoms in total. The standard InChI is InChI=1S/C36H43FN2O8Si/c1-35(2,3)48(6,7)47-31-29(46-33(30(31)40)39-21-28(37)32(41)38-34(39)42)22-45-36(23-11-9-8-10-12-23,24-13-17-26(43-4)18-14-24)25-15-19-27(44-5)20-16-25/h8-21,29-31,33,40H,22H2,1-7H3,(H,38,41,42)/t29-,30-,31-,33-/m1/s1. The number of hydrogen-bond donors (Lipinski definition) is 2. The van der Waals surface area contributed by atoms with Crippen LogP contribution < -0.4 is 20.7 Å². The molecular formula is C36H43FN2O8Si. The molecule has 1 aromatic heterocycles. The van der Waals surface area contributed by atoms with E-state index in [1.54, 1.807) is 14.2 Å². The molecule has 0 unspecified atom stereocenters. The minimum atomic E-state index is -2.55. The van der Waals surface area contributed by atoms with E-state index in [9.17, 15) is 19.1 Å². The summed E-state index contributed by atoms with van der Waals surface area (Å²) in [5.41, 5.74) is -0.894. The fraction of sp³-hybridized carbons (Fsp3) is 0.389. The van der Waals surface area contributed by atoms with Gasteiger partial charge in [-0.3, -0.25) is 14.3 Å². The van der Waals surface area contributed by atoms with Gasteiger partial charge in [-0.25, -0.2) is 4.79 Å². The first-order chi connectivity index (χ1) is 22.7. The summed E-state index contributed by atoms with van der Waals surface area (Å²) >= 11 is 0. The molecule has 0 radical (unpaired) electrons. The zero-order valence-electron chi connectivity index (χ0n) is 28.2. The Hall–Kier alpha value is -4.07. The van der Waals surface area contributed by atoms with E-state index >= 15 is 0 Å². The van der Waals surface area contributed by atoms with E-state index in [2.05, 4.69) is 20.8 Å². The fourth-order valence-corrected chi connectivity index (χ4v) is 7.00. The van der Waals surface area contributed by atoms with E-state index in [0.29, 0.717) is 11.5 Å². The van der Waals surface area contributed by atoms with Crippen LogP contribution in [0.1, 0.15) is 43.7 Å². The second kappa shape index (κ2) is 13.8. The first-order valence-corrected chi connectivity index (χ1v) is 18.6. The van der Waals surface area contributed by atoms with E-state index in [0.717, 1.165) is 27.5 Å². The molecule has 4 aromatic rings. The number of nitrogens with zero attached hydrogens (tertiary/aromatic N) is 1. The maximum Gasteiger partial charge on any atom is 0.330 e. The number of rotatable bonds is 11. The van der Waals surface area contributed by atoms with Crippen LogP contribution in [0.25, 0.3) is 0 Å². The van der Waals surface area contributed by atoms with Crippen molar-refractivity contribution in [3.05, 3.63) is 128 Å². The van der Waals surface area contributed by atoms with E-state index in [1.807, 2.05) is 96.9 Å². The average molecular weight is 679 g/mol. The zero-order chi connectivity index (χ0) is 34.9. The summed E-state index contributed by atoms with van der Waals surface area (Å²) in [5.74, 6) is 0.151. The maximum atomic E-state index is 14.4. The Labute approximate surface area is 280 Å². The Kier molecular flexibility index (Phi) is 10.1. The van der Waals surface area contributed by atoms with Crippen LogP contribution in [0, 0.1) is 5.82 Å². The zero-order valence-corrected chi connectivity index (χ0v) is 29.2. The predicted molar refractivity (Wildman–Crippen MR) is 182 cm³/mol. The molecule has 48 heavy (non-hydrogen) atoms. The number of nitrogens with one attached hydrogen (secondary N) is 1. The molecule has 1 aliphatic rings. The molecule has 1 fully saturated rings. The van der Waals surface area contributed by atoms with Gasteiger partial charge in [0.05, 0.1) is 27.0 Å². The number of hydrogen-bond acceptors (Lipinski definition) is 8. The van der Waals surface area contributed by atoms with Gasteiger partial charge in [0.15, 0.2) is 14.5 Å². The van der Waals surface area contributed by atoms with Crippen molar-refractivity contribution in [2.75, 3.05) is 20.8 Å². The summed E-state index contributed by atoms with van der Waals surface area (Å²) in [6.45, 7) is 10.2. The van der Waals surface area contributed by atoms with E-state index in [4.69, 9.17) is 23.4 Å². The number of aromatic amines is 1. The van der Waals surface area contributed by atoms with Gasteiger partial charge < -0.3 is 28.5 Å². The third kappa shape index (κ3) is 6.76. The summed E-state index contributed by atoms with van der Waals surface area (Å²) in [6, 6.07) is 24.8. The molecule has 1 aliphatic heterocycles. The molecule has 0 saturated carbocycles. The van der Waals surface area contributed by atoms with Gasteiger partial charge in [-0.05, 0) is 59.1 Å². The van der Waals surface area contributed by atoms with E-state index in [-0.39, 0.29) is 11.6 Å². The highest BCUT2D eigenvalue weighted by Crippen LogP contribution is 2.44. The lowest BCUT2D eigenvalue weighted by Gasteiger charge is -2.41. The second-order valence-electron chi connectivity index (χ2n) is 13.4. The van der Waals surface area contributed by atoms with Crippen LogP contribution in [-0.4, -0.2) is 62.1 Å². The molecule has 1 saturated heterocycles. The van der Waals surface area contributed by atoms with Crippen molar-refractivity contribution in [3.8, 4) is 11.5 Å². The SMILES string of the molecule is COc1ccc(C(OC[C@H]2O[C@@H](n3cc(F)c(=O)[nH]c3=O)[C@H](O)[C@@H]2O[Si](C)(C)C(C)(C)C)(c2ccccc2)c2ccc(OC)cc2)cc1. The summed E-state index contributed by atoms with van der Waals surface area (Å²) < 4.78 is 46.3. The van der Waals surface area contributed by atoms with Crippen molar-refractivity contribution < 1.29 is 32.9 Å². The summed E-state index contributed by atoms with van der Waals surface area (Å²) in [7, 11) is 0.648. The lowest BCUT2D eigenvalue weighted by Crippen LogP contribution is -2.50. The molecule has 2 heterocycles. The van der Waals surface area contributed by atoms with Crippen molar-refractivity contribution in [2.24, 2.45) is 0 Å². The van der Waals surface area contributed by atoms with Gasteiger partial charge in [-0.2, -0.15) is 4.39 Å². The van der Waals surface area contributed by atoms with Crippen LogP contribution >= 0.6 is 0 Å². The smallest absolute Gasteiger partial charge is 0.330 e. The van der Waals surface area contributed by atoms with Gasteiger partial charge in [-0.1, -0.05) is 75.4 Å². The number of aromatic nitrogens is 2. The Balaban J connectivity index is 1.63. The van der Waals surface area contributed by atoms with Crippen LogP contribution in [0.2, 0.25) is 18.1 Å². The third-order valence-electron chi connectivity index (χ3n) is 9.38. The van der Waals surface area contributed by atoms with Gasteiger partial charge in [0.1, 0.15) is 35.4 Å². The van der Waals surface area contributed by atoms with Gasteiger partial charge in [-0.15, -0.1) is 0 Å². The minimum Gasteiger partial charge on any atom is -0.497 e. The second-order valence-corrected chi connectivity index (χ2v) is 18.1. The first-order valence-electron chi connectivity index (χ1n) is 15.7. The molecule has 256 valence electrons. The highest BCUT2D eigenvalue weighted by molar-refractivity contribution is 6.74. The lowest BCUT2D eigenvalue weighted by molar-refractivity contribution is -0.0949. The Morgan fingerprint density at radius 2 is 1.40 bits per heavy atom. The molecule has 0 spiro atoms. The van der Waals surface area contributed by atoms with Gasteiger partial charge >= 0.3 is 5.69 Å². The van der Waals surface area contributed by atoms with Crippen molar-refractivity contribution in [1.29, 1.82) is 0 Å². The number of benzene rings is 3. The highest BCUT2D eigenvalue weighted by atomic mass is 28.4. The van der Waals surface area contributed by atoms with Gasteiger partial charge in [0.2, 0.25) is 5.82 Å². The summed E-state index contributed by atoms with van der Waals surface area (Å²) in [6.07, 6.45) is -3.90. The molecule has 0 amide bonds. The summed E-state index contributed by atoms with van der Waals surface area (Å²) in [5, 5.41) is 11.5. The Morgan fingerprint density at radius 3 is 1.90 bits per heavy atom. The van der Waals surface area contributed by atoms with Crippen molar-refractivity contribution >= 4 is 8.32 Å². The fourth-order valence-electron chi connectivity index (χ4n) is 5.68. The minimum absolute atomic E-state index is 0.111. The molecular weight excluding hydrogens is 635 g/mol. The number of aliphatic hydroxyl groups excluding tert-OH is 1. The Bertz CT molecular complexity index is 1760. The van der Waals surface area contributed by atoms with Crippen LogP contribution in [0.15, 0.2) is 94.6 Å². The van der Waals surface area contributed by atoms with Crippen molar-refractivity contribution in [2.45, 2.75) is 69.0 Å². The van der Waals surface area contributed by atoms with Crippen LogP contribution in [0.3, 0.4) is 0 Å². The number of H-pyrrole nitrogens is 1. The lowest BCUT2D eigenvalue weighted by atomic mass is 9.80. The third-order valence-corrected chi connectivity index (χ3v) is 13.9. The molecule has 2 N–H and O–H groups in total. The molecule has 0 bridgehead atoms. The maximum absolute atomic E-state index is 14.4. The van der Waals surface area contributed by atoms with E-state index in [1.165, 1.54) is 0 Å². The molecule has 0 aliphatic carbocycles. The van der Waals surface area contributed by atoms with Crippen LogP contribution in [0.4, 0.5) is 4.39 Å².